The number of hydrogen-bond donors (Lipinski definition) is 2. The Labute approximate surface area is 158 Å². The van der Waals surface area contributed by atoms with Crippen LogP contribution >= 0.6 is 0 Å². The monoisotopic (exact) mass is 370 g/mol. The summed E-state index contributed by atoms with van der Waals surface area (Å²) >= 11 is 0. The summed E-state index contributed by atoms with van der Waals surface area (Å²) in [6, 6.07) is 12.5. The Morgan fingerprint density at radius 2 is 1.93 bits per heavy atom. The lowest BCUT2D eigenvalue weighted by molar-refractivity contribution is -0.0595. The average Bonchev–Trinajstić information content (AvgIpc) is 2.61. The largest absolute Gasteiger partial charge is 0.485 e. The van der Waals surface area contributed by atoms with Crippen LogP contribution in [0.15, 0.2) is 42.5 Å². The number of halogens is 1. The van der Waals surface area contributed by atoms with Crippen LogP contribution in [0.2, 0.25) is 0 Å². The number of benzene rings is 2. The summed E-state index contributed by atoms with van der Waals surface area (Å²) in [5, 5.41) is 30.4. The lowest BCUT2D eigenvalue weighted by Gasteiger charge is -2.47. The number of anilines is 1. The molecule has 0 radical (unpaired) electrons. The lowest BCUT2D eigenvalue weighted by atomic mass is 9.84. The zero-order valence-corrected chi connectivity index (χ0v) is 15.6. The molecule has 0 saturated heterocycles. The number of ether oxygens (including phenoxy) is 1. The van der Waals surface area contributed by atoms with Gasteiger partial charge in [0.15, 0.2) is 0 Å². The van der Waals surface area contributed by atoms with Crippen LogP contribution in [0.25, 0.3) is 0 Å². The second-order valence-corrected chi connectivity index (χ2v) is 7.44. The zero-order valence-electron chi connectivity index (χ0n) is 15.6. The van der Waals surface area contributed by atoms with Gasteiger partial charge in [0.2, 0.25) is 0 Å². The van der Waals surface area contributed by atoms with E-state index in [0.29, 0.717) is 22.6 Å². The van der Waals surface area contributed by atoms with Crippen LogP contribution in [0.5, 0.6) is 5.75 Å². The maximum atomic E-state index is 13.4. The van der Waals surface area contributed by atoms with Crippen molar-refractivity contribution in [2.24, 2.45) is 0 Å². The van der Waals surface area contributed by atoms with Crippen LogP contribution in [0, 0.1) is 17.1 Å². The minimum atomic E-state index is -0.942. The van der Waals surface area contributed by atoms with Crippen LogP contribution in [0.3, 0.4) is 0 Å². The summed E-state index contributed by atoms with van der Waals surface area (Å²) in [6.07, 6.45) is -1.63. The number of nitriles is 1. The van der Waals surface area contributed by atoms with E-state index in [-0.39, 0.29) is 12.4 Å². The molecule has 2 N–H and O–H groups in total. The predicted octanol–water partition coefficient (Wildman–Crippen LogP) is 3.16. The molecule has 0 bridgehead atoms. The number of rotatable bonds is 4. The van der Waals surface area contributed by atoms with E-state index in [1.54, 1.807) is 51.1 Å². The molecule has 2 aromatic carbocycles. The summed E-state index contributed by atoms with van der Waals surface area (Å²) in [5.41, 5.74) is 0.881. The van der Waals surface area contributed by atoms with E-state index in [9.17, 15) is 19.9 Å². The molecule has 3 atom stereocenters. The molecule has 3 unspecified atom stereocenters. The van der Waals surface area contributed by atoms with Gasteiger partial charge in [0, 0.05) is 17.8 Å². The molecule has 0 fully saturated rings. The van der Waals surface area contributed by atoms with Gasteiger partial charge in [-0.2, -0.15) is 5.26 Å². The molecule has 2 aromatic rings. The third-order valence-electron chi connectivity index (χ3n) is 4.80. The van der Waals surface area contributed by atoms with Gasteiger partial charge in [0.05, 0.1) is 23.8 Å². The highest BCUT2D eigenvalue weighted by Crippen LogP contribution is 2.44. The van der Waals surface area contributed by atoms with Gasteiger partial charge >= 0.3 is 0 Å². The maximum Gasteiger partial charge on any atom is 0.132 e. The van der Waals surface area contributed by atoms with Gasteiger partial charge in [-0.15, -0.1) is 0 Å². The van der Waals surface area contributed by atoms with Crippen molar-refractivity contribution in [1.29, 1.82) is 5.26 Å². The zero-order chi connectivity index (χ0) is 19.8. The maximum absolute atomic E-state index is 13.4. The van der Waals surface area contributed by atoms with E-state index in [0.717, 1.165) is 0 Å². The predicted molar refractivity (Wildman–Crippen MR) is 100 cm³/mol. The number of fused-ring (bicyclic) bond motifs is 1. The third-order valence-corrected chi connectivity index (χ3v) is 4.80. The van der Waals surface area contributed by atoms with Crippen molar-refractivity contribution in [1.82, 2.24) is 0 Å². The number of aliphatic hydroxyl groups is 2. The van der Waals surface area contributed by atoms with E-state index >= 15 is 0 Å². The number of nitrogens with zero attached hydrogens (tertiary/aromatic N) is 2. The quantitative estimate of drug-likeness (QED) is 0.865. The van der Waals surface area contributed by atoms with Gasteiger partial charge in [-0.1, -0.05) is 0 Å². The van der Waals surface area contributed by atoms with Crippen LogP contribution in [-0.4, -0.2) is 34.6 Å². The molecule has 3 rings (SSSR count). The minimum absolute atomic E-state index is 0.222. The first-order valence-corrected chi connectivity index (χ1v) is 8.84. The highest BCUT2D eigenvalue weighted by molar-refractivity contribution is 5.55. The molecule has 0 aliphatic carbocycles. The molecule has 27 heavy (non-hydrogen) atoms. The average molecular weight is 370 g/mol. The minimum Gasteiger partial charge on any atom is -0.485 e. The van der Waals surface area contributed by atoms with Crippen LogP contribution in [0.1, 0.15) is 37.9 Å². The molecular formula is C21H23FN2O3. The van der Waals surface area contributed by atoms with Gasteiger partial charge in [0.1, 0.15) is 23.3 Å². The van der Waals surface area contributed by atoms with E-state index in [4.69, 9.17) is 4.74 Å². The van der Waals surface area contributed by atoms with Gasteiger partial charge in [-0.05, 0) is 63.2 Å². The molecule has 142 valence electrons. The summed E-state index contributed by atoms with van der Waals surface area (Å²) < 4.78 is 19.4. The van der Waals surface area contributed by atoms with Crippen LogP contribution in [-0.2, 0) is 0 Å². The Morgan fingerprint density at radius 3 is 2.52 bits per heavy atom. The summed E-state index contributed by atoms with van der Waals surface area (Å²) in [4.78, 5) is 1.83. The first-order valence-electron chi connectivity index (χ1n) is 8.84. The van der Waals surface area contributed by atoms with Gasteiger partial charge in [-0.3, -0.25) is 0 Å². The van der Waals surface area contributed by atoms with Crippen LogP contribution < -0.4 is 9.64 Å². The van der Waals surface area contributed by atoms with Crippen molar-refractivity contribution in [2.75, 3.05) is 11.4 Å². The van der Waals surface area contributed by atoms with E-state index in [1.807, 2.05) is 4.90 Å². The molecule has 1 aliphatic heterocycles. The number of aliphatic hydroxyl groups excluding tert-OH is 2. The summed E-state index contributed by atoms with van der Waals surface area (Å²) in [5.74, 6) is 0.211. The molecule has 0 saturated carbocycles. The third kappa shape index (κ3) is 3.75. The molecular weight excluding hydrogens is 347 g/mol. The Kier molecular flexibility index (Phi) is 5.09. The Bertz CT molecular complexity index is 859. The fraction of sp³-hybridized carbons (Fsp3) is 0.381. The molecule has 1 heterocycles. The van der Waals surface area contributed by atoms with Crippen molar-refractivity contribution >= 4 is 5.69 Å². The Balaban J connectivity index is 2.17. The van der Waals surface area contributed by atoms with Crippen molar-refractivity contribution in [2.45, 2.75) is 44.6 Å². The Hall–Kier alpha value is -2.62. The van der Waals surface area contributed by atoms with E-state index in [1.165, 1.54) is 12.1 Å². The second kappa shape index (κ2) is 7.18. The highest BCUT2D eigenvalue weighted by Gasteiger charge is 2.45. The molecule has 0 spiro atoms. The van der Waals surface area contributed by atoms with E-state index in [2.05, 4.69) is 6.07 Å². The van der Waals surface area contributed by atoms with Crippen LogP contribution in [0.4, 0.5) is 10.1 Å². The first kappa shape index (κ1) is 19.2. The van der Waals surface area contributed by atoms with Gasteiger partial charge < -0.3 is 19.8 Å². The van der Waals surface area contributed by atoms with Crippen molar-refractivity contribution < 1.29 is 19.3 Å². The lowest BCUT2D eigenvalue weighted by Crippen LogP contribution is -2.54. The van der Waals surface area contributed by atoms with Gasteiger partial charge in [-0.25, -0.2) is 4.39 Å². The van der Waals surface area contributed by atoms with E-state index < -0.39 is 23.9 Å². The fourth-order valence-corrected chi connectivity index (χ4v) is 3.47. The molecule has 6 heteroatoms. The highest BCUT2D eigenvalue weighted by atomic mass is 19.1. The second-order valence-electron chi connectivity index (χ2n) is 7.44. The van der Waals surface area contributed by atoms with Crippen molar-refractivity contribution in [3.05, 3.63) is 59.4 Å². The first-order chi connectivity index (χ1) is 12.7. The number of hydrogen-bond acceptors (Lipinski definition) is 5. The molecule has 5 nitrogen and oxygen atoms in total. The van der Waals surface area contributed by atoms with Crippen molar-refractivity contribution in [3.63, 3.8) is 0 Å². The standard InChI is InChI=1S/C21H23FN2O3/c1-13(25)12-24(16-7-5-15(22)6-8-16)19-17-10-14(11-23)4-9-18(17)27-21(2,3)20(19)26/h4-10,13,19-20,25-26H,12H2,1-3H3. The molecule has 1 aliphatic rings. The molecule has 0 amide bonds. The smallest absolute Gasteiger partial charge is 0.132 e. The SMILES string of the molecule is CC(O)CN(c1ccc(F)cc1)C1c2cc(C#N)ccc2OC(C)(C)C1O. The Morgan fingerprint density at radius 1 is 1.26 bits per heavy atom. The molecule has 0 aromatic heterocycles. The fourth-order valence-electron chi connectivity index (χ4n) is 3.47. The summed E-state index contributed by atoms with van der Waals surface area (Å²) in [6.45, 7) is 5.45. The topological polar surface area (TPSA) is 76.7 Å². The van der Waals surface area contributed by atoms with Gasteiger partial charge in [0.25, 0.3) is 0 Å². The summed E-state index contributed by atoms with van der Waals surface area (Å²) in [7, 11) is 0. The van der Waals surface area contributed by atoms with Crippen molar-refractivity contribution in [3.8, 4) is 11.8 Å². The normalized spacial score (nSPS) is 21.5.